The Kier molecular flexibility index (Phi) is 5.43. The Morgan fingerprint density at radius 3 is 2.41 bits per heavy atom. The van der Waals surface area contributed by atoms with E-state index in [9.17, 15) is 4.79 Å². The smallest absolute Gasteiger partial charge is 0.298 e. The van der Waals surface area contributed by atoms with Gasteiger partial charge in [-0.1, -0.05) is 24.3 Å². The summed E-state index contributed by atoms with van der Waals surface area (Å²) in [5.74, 6) is 0.278. The summed E-state index contributed by atoms with van der Waals surface area (Å²) in [4.78, 5) is 23.6. The van der Waals surface area contributed by atoms with E-state index in [2.05, 4.69) is 39.0 Å². The molecule has 2 aromatic carbocycles. The van der Waals surface area contributed by atoms with Gasteiger partial charge in [-0.3, -0.25) is 4.79 Å². The fraction of sp³-hybridized carbons (Fsp3) is 0.391. The second-order valence-electron chi connectivity index (χ2n) is 7.98. The Morgan fingerprint density at radius 1 is 1.07 bits per heavy atom. The van der Waals surface area contributed by atoms with Crippen LogP contribution in [0.4, 0.5) is 11.7 Å². The van der Waals surface area contributed by atoms with Gasteiger partial charge in [0.25, 0.3) is 6.01 Å². The van der Waals surface area contributed by atoms with E-state index in [1.165, 1.54) is 0 Å². The number of anilines is 2. The first-order valence-corrected chi connectivity index (χ1v) is 10.1. The first-order chi connectivity index (χ1) is 14.0. The molecule has 0 aliphatic carbocycles. The number of oxazole rings is 1. The molecule has 0 radical (unpaired) electrons. The highest BCUT2D eigenvalue weighted by Crippen LogP contribution is 2.27. The van der Waals surface area contributed by atoms with Crippen LogP contribution in [0.15, 0.2) is 52.9 Å². The van der Waals surface area contributed by atoms with Crippen molar-refractivity contribution >= 4 is 28.7 Å². The van der Waals surface area contributed by atoms with Gasteiger partial charge < -0.3 is 19.1 Å². The zero-order chi connectivity index (χ0) is 20.4. The molecule has 6 nitrogen and oxygen atoms in total. The van der Waals surface area contributed by atoms with Crippen LogP contribution in [0, 0.1) is 5.92 Å². The van der Waals surface area contributed by atoms with E-state index in [-0.39, 0.29) is 11.8 Å². The summed E-state index contributed by atoms with van der Waals surface area (Å²) in [6.07, 6.45) is 1.64. The molecule has 0 N–H and O–H groups in total. The largest absolute Gasteiger partial charge is 0.423 e. The Hall–Kier alpha value is -3.02. The van der Waals surface area contributed by atoms with E-state index in [0.717, 1.165) is 48.3 Å². The summed E-state index contributed by atoms with van der Waals surface area (Å²) in [6, 6.07) is 16.8. The molecule has 152 valence electrons. The van der Waals surface area contributed by atoms with Gasteiger partial charge in [-0.15, -0.1) is 0 Å². The van der Waals surface area contributed by atoms with E-state index in [1.54, 1.807) is 0 Å². The summed E-state index contributed by atoms with van der Waals surface area (Å²) in [6.45, 7) is 2.21. The van der Waals surface area contributed by atoms with Gasteiger partial charge in [-0.05, 0) is 42.7 Å². The van der Waals surface area contributed by atoms with Crippen molar-refractivity contribution in [1.29, 1.82) is 0 Å². The maximum absolute atomic E-state index is 12.9. The minimum absolute atomic E-state index is 0.0571. The van der Waals surface area contributed by atoms with Gasteiger partial charge in [-0.2, -0.15) is 4.98 Å². The number of benzene rings is 2. The molecule has 1 aromatic heterocycles. The van der Waals surface area contributed by atoms with Crippen LogP contribution < -0.4 is 9.80 Å². The van der Waals surface area contributed by atoms with Crippen LogP contribution in [0.3, 0.4) is 0 Å². The predicted octanol–water partition coefficient (Wildman–Crippen LogP) is 3.77. The topological polar surface area (TPSA) is 52.8 Å². The lowest BCUT2D eigenvalue weighted by molar-refractivity contribution is -0.135. The Balaban J connectivity index is 1.33. The third-order valence-electron chi connectivity index (χ3n) is 5.65. The van der Waals surface area contributed by atoms with Crippen LogP contribution in [0.5, 0.6) is 0 Å². The molecule has 0 bridgehead atoms. The second-order valence-corrected chi connectivity index (χ2v) is 7.98. The lowest BCUT2D eigenvalue weighted by atomic mass is 9.95. The maximum atomic E-state index is 12.9. The average molecular weight is 393 g/mol. The molecule has 0 saturated carbocycles. The number of rotatable bonds is 5. The zero-order valence-corrected chi connectivity index (χ0v) is 17.3. The molecule has 6 heteroatoms. The highest BCUT2D eigenvalue weighted by atomic mass is 16.4. The fourth-order valence-electron chi connectivity index (χ4n) is 3.88. The highest BCUT2D eigenvalue weighted by molar-refractivity contribution is 5.79. The maximum Gasteiger partial charge on any atom is 0.298 e. The quantitative estimate of drug-likeness (QED) is 0.662. The molecule has 4 rings (SSSR count). The molecule has 1 fully saturated rings. The van der Waals surface area contributed by atoms with E-state index in [0.29, 0.717) is 12.6 Å². The van der Waals surface area contributed by atoms with Crippen molar-refractivity contribution in [1.82, 2.24) is 9.88 Å². The molecule has 0 unspecified atom stereocenters. The number of hydrogen-bond acceptors (Lipinski definition) is 5. The SMILES string of the molecule is CN(Cc1ccc(N(C)C)cc1)C(=O)C1CCN(c2nc3ccccc3o2)CC1. The highest BCUT2D eigenvalue weighted by Gasteiger charge is 2.29. The molecular formula is C23H28N4O2. The molecule has 3 aromatic rings. The molecule has 0 spiro atoms. The van der Waals surface area contributed by atoms with Crippen LogP contribution in [0.25, 0.3) is 11.1 Å². The number of aromatic nitrogens is 1. The first kappa shape index (κ1) is 19.3. The minimum atomic E-state index is 0.0571. The molecule has 1 amide bonds. The molecule has 0 atom stereocenters. The monoisotopic (exact) mass is 392 g/mol. The van der Waals surface area contributed by atoms with Gasteiger partial charge in [0.15, 0.2) is 5.58 Å². The van der Waals surface area contributed by atoms with Crippen molar-refractivity contribution in [2.45, 2.75) is 19.4 Å². The predicted molar refractivity (Wildman–Crippen MR) is 116 cm³/mol. The molecule has 1 aliphatic heterocycles. The number of carbonyl (C=O) groups is 1. The Bertz CT molecular complexity index is 939. The third kappa shape index (κ3) is 4.21. The summed E-state index contributed by atoms with van der Waals surface area (Å²) in [7, 11) is 5.95. The Morgan fingerprint density at radius 2 is 1.76 bits per heavy atom. The zero-order valence-electron chi connectivity index (χ0n) is 17.3. The number of carbonyl (C=O) groups excluding carboxylic acids is 1. The van der Waals surface area contributed by atoms with Crippen molar-refractivity contribution in [3.05, 3.63) is 54.1 Å². The van der Waals surface area contributed by atoms with Crippen molar-refractivity contribution < 1.29 is 9.21 Å². The van der Waals surface area contributed by atoms with Crippen molar-refractivity contribution in [3.8, 4) is 0 Å². The van der Waals surface area contributed by atoms with Gasteiger partial charge in [-0.25, -0.2) is 0 Å². The van der Waals surface area contributed by atoms with Crippen LogP contribution in [0.2, 0.25) is 0 Å². The number of hydrogen-bond donors (Lipinski definition) is 0. The van der Waals surface area contributed by atoms with Crippen LogP contribution in [-0.4, -0.2) is 50.0 Å². The Labute approximate surface area is 171 Å². The molecule has 1 aliphatic rings. The second kappa shape index (κ2) is 8.15. The summed E-state index contributed by atoms with van der Waals surface area (Å²) < 4.78 is 5.87. The summed E-state index contributed by atoms with van der Waals surface area (Å²) in [5, 5.41) is 0. The normalized spacial score (nSPS) is 14.9. The van der Waals surface area contributed by atoms with E-state index in [1.807, 2.05) is 50.3 Å². The molecular weight excluding hydrogens is 364 g/mol. The van der Waals surface area contributed by atoms with Gasteiger partial charge in [0.05, 0.1) is 0 Å². The van der Waals surface area contributed by atoms with Crippen molar-refractivity contribution in [2.75, 3.05) is 44.0 Å². The molecule has 2 heterocycles. The van der Waals surface area contributed by atoms with Crippen LogP contribution in [-0.2, 0) is 11.3 Å². The third-order valence-corrected chi connectivity index (χ3v) is 5.65. The van der Waals surface area contributed by atoms with Gasteiger partial charge in [0.1, 0.15) is 5.52 Å². The van der Waals surface area contributed by atoms with Crippen molar-refractivity contribution in [2.24, 2.45) is 5.92 Å². The number of piperidine rings is 1. The minimum Gasteiger partial charge on any atom is -0.423 e. The van der Waals surface area contributed by atoms with E-state index in [4.69, 9.17) is 4.42 Å². The number of para-hydroxylation sites is 2. The number of nitrogens with zero attached hydrogens (tertiary/aromatic N) is 4. The van der Waals surface area contributed by atoms with E-state index >= 15 is 0 Å². The number of fused-ring (bicyclic) bond motifs is 1. The molecule has 29 heavy (non-hydrogen) atoms. The molecule has 1 saturated heterocycles. The van der Waals surface area contributed by atoms with Gasteiger partial charge in [0.2, 0.25) is 5.91 Å². The fourth-order valence-corrected chi connectivity index (χ4v) is 3.88. The summed E-state index contributed by atoms with van der Waals surface area (Å²) in [5.41, 5.74) is 3.99. The standard InChI is InChI=1S/C23H28N4O2/c1-25(2)19-10-8-17(9-11-19)16-26(3)22(28)18-12-14-27(15-13-18)23-24-20-6-4-5-7-21(20)29-23/h4-11,18H,12-16H2,1-3H3. The van der Waals surface area contributed by atoms with Gasteiger partial charge in [0, 0.05) is 52.4 Å². The lowest BCUT2D eigenvalue weighted by Crippen LogP contribution is -2.41. The average Bonchev–Trinajstić information content (AvgIpc) is 3.18. The van der Waals surface area contributed by atoms with E-state index < -0.39 is 0 Å². The van der Waals surface area contributed by atoms with Crippen LogP contribution in [0.1, 0.15) is 18.4 Å². The van der Waals surface area contributed by atoms with Crippen LogP contribution >= 0.6 is 0 Å². The summed E-state index contributed by atoms with van der Waals surface area (Å²) >= 11 is 0. The number of amides is 1. The lowest BCUT2D eigenvalue weighted by Gasteiger charge is -2.32. The first-order valence-electron chi connectivity index (χ1n) is 10.1. The van der Waals surface area contributed by atoms with Crippen molar-refractivity contribution in [3.63, 3.8) is 0 Å². The van der Waals surface area contributed by atoms with Gasteiger partial charge >= 0.3 is 0 Å².